The van der Waals surface area contributed by atoms with Gasteiger partial charge in [-0.3, -0.25) is 0 Å². The molecule has 0 aliphatic rings. The molecule has 1 aromatic carbocycles. The zero-order valence-corrected chi connectivity index (χ0v) is 11.0. The van der Waals surface area contributed by atoms with Crippen molar-refractivity contribution in [1.82, 2.24) is 0 Å². The molecule has 0 atom stereocenters. The number of rotatable bonds is 4. The quantitative estimate of drug-likeness (QED) is 0.811. The molecule has 17 heavy (non-hydrogen) atoms. The lowest BCUT2D eigenvalue weighted by Crippen LogP contribution is -2.13. The predicted molar refractivity (Wildman–Crippen MR) is 69.8 cm³/mol. The van der Waals surface area contributed by atoms with Crippen molar-refractivity contribution in [2.45, 2.75) is 34.1 Å². The SMILES string of the molecule is Cc1cc(C)c(OCCC(C)(C)C#N)cc1N. The van der Waals surface area contributed by atoms with Crippen molar-refractivity contribution >= 4 is 5.69 Å². The van der Waals surface area contributed by atoms with E-state index in [1.165, 1.54) is 0 Å². The molecule has 0 spiro atoms. The van der Waals surface area contributed by atoms with Gasteiger partial charge in [0, 0.05) is 11.8 Å². The Morgan fingerprint density at radius 2 is 1.94 bits per heavy atom. The largest absolute Gasteiger partial charge is 0.493 e. The maximum atomic E-state index is 8.90. The van der Waals surface area contributed by atoms with E-state index in [4.69, 9.17) is 15.7 Å². The van der Waals surface area contributed by atoms with Crippen LogP contribution in [-0.4, -0.2) is 6.61 Å². The van der Waals surface area contributed by atoms with Crippen LogP contribution in [0, 0.1) is 30.6 Å². The van der Waals surface area contributed by atoms with E-state index in [0.29, 0.717) is 13.0 Å². The van der Waals surface area contributed by atoms with Crippen LogP contribution in [0.5, 0.6) is 5.75 Å². The first-order valence-electron chi connectivity index (χ1n) is 5.76. The van der Waals surface area contributed by atoms with Gasteiger partial charge < -0.3 is 10.5 Å². The summed E-state index contributed by atoms with van der Waals surface area (Å²) in [5.41, 5.74) is 8.38. The monoisotopic (exact) mass is 232 g/mol. The number of ether oxygens (including phenoxy) is 1. The molecule has 0 aliphatic carbocycles. The maximum absolute atomic E-state index is 8.90. The van der Waals surface area contributed by atoms with Crippen molar-refractivity contribution in [2.75, 3.05) is 12.3 Å². The average Bonchev–Trinajstić information content (AvgIpc) is 2.25. The molecule has 2 N–H and O–H groups in total. The molecule has 0 saturated heterocycles. The smallest absolute Gasteiger partial charge is 0.124 e. The summed E-state index contributed by atoms with van der Waals surface area (Å²) in [5, 5.41) is 8.90. The number of hydrogen-bond donors (Lipinski definition) is 1. The standard InChI is InChI=1S/C14H20N2O/c1-10-7-11(2)13(8-12(10)16)17-6-5-14(3,4)9-15/h7-8H,5-6,16H2,1-4H3. The number of nitrogens with zero attached hydrogens (tertiary/aromatic N) is 1. The molecule has 0 heterocycles. The van der Waals surface area contributed by atoms with E-state index >= 15 is 0 Å². The summed E-state index contributed by atoms with van der Waals surface area (Å²) in [7, 11) is 0. The molecule has 3 heteroatoms. The molecule has 92 valence electrons. The van der Waals surface area contributed by atoms with Gasteiger partial charge in [0.1, 0.15) is 5.75 Å². The maximum Gasteiger partial charge on any atom is 0.124 e. The predicted octanol–water partition coefficient (Wildman–Crippen LogP) is 3.20. The van der Waals surface area contributed by atoms with Gasteiger partial charge in [-0.15, -0.1) is 0 Å². The Morgan fingerprint density at radius 1 is 1.29 bits per heavy atom. The Hall–Kier alpha value is -1.69. The molecule has 0 saturated carbocycles. The summed E-state index contributed by atoms with van der Waals surface area (Å²) < 4.78 is 5.68. The summed E-state index contributed by atoms with van der Waals surface area (Å²) in [4.78, 5) is 0. The van der Waals surface area contributed by atoms with Crippen LogP contribution < -0.4 is 10.5 Å². The molecule has 3 nitrogen and oxygen atoms in total. The highest BCUT2D eigenvalue weighted by Gasteiger charge is 2.16. The van der Waals surface area contributed by atoms with E-state index in [2.05, 4.69) is 6.07 Å². The van der Waals surface area contributed by atoms with E-state index in [-0.39, 0.29) is 5.41 Å². The highest BCUT2D eigenvalue weighted by Crippen LogP contribution is 2.26. The van der Waals surface area contributed by atoms with E-state index in [9.17, 15) is 0 Å². The van der Waals surface area contributed by atoms with Gasteiger partial charge in [0.15, 0.2) is 0 Å². The second-order valence-electron chi connectivity index (χ2n) is 5.07. The topological polar surface area (TPSA) is 59.0 Å². The van der Waals surface area contributed by atoms with E-state index < -0.39 is 0 Å². The van der Waals surface area contributed by atoms with Gasteiger partial charge >= 0.3 is 0 Å². The van der Waals surface area contributed by atoms with Crippen molar-refractivity contribution in [3.05, 3.63) is 23.3 Å². The highest BCUT2D eigenvalue weighted by atomic mass is 16.5. The van der Waals surface area contributed by atoms with Crippen LogP contribution >= 0.6 is 0 Å². The van der Waals surface area contributed by atoms with Gasteiger partial charge in [-0.25, -0.2) is 0 Å². The van der Waals surface area contributed by atoms with E-state index in [1.54, 1.807) is 0 Å². The molecule has 1 aromatic rings. The number of anilines is 1. The molecule has 0 aliphatic heterocycles. The Kier molecular flexibility index (Phi) is 4.01. The van der Waals surface area contributed by atoms with Gasteiger partial charge in [-0.2, -0.15) is 5.26 Å². The van der Waals surface area contributed by atoms with Crippen molar-refractivity contribution < 1.29 is 4.74 Å². The van der Waals surface area contributed by atoms with Gasteiger partial charge in [0.05, 0.1) is 18.1 Å². The number of nitrogen functional groups attached to an aromatic ring is 1. The van der Waals surface area contributed by atoms with Gasteiger partial charge in [0.25, 0.3) is 0 Å². The van der Waals surface area contributed by atoms with Crippen LogP contribution in [0.3, 0.4) is 0 Å². The van der Waals surface area contributed by atoms with Crippen LogP contribution in [0.4, 0.5) is 5.69 Å². The Morgan fingerprint density at radius 3 is 2.53 bits per heavy atom. The number of benzene rings is 1. The van der Waals surface area contributed by atoms with Crippen LogP contribution in [0.25, 0.3) is 0 Å². The Balaban J connectivity index is 2.65. The average molecular weight is 232 g/mol. The minimum atomic E-state index is -0.343. The molecular weight excluding hydrogens is 212 g/mol. The fourth-order valence-electron chi connectivity index (χ4n) is 1.48. The first-order chi connectivity index (χ1) is 7.85. The second kappa shape index (κ2) is 5.09. The first-order valence-corrected chi connectivity index (χ1v) is 5.76. The van der Waals surface area contributed by atoms with Crippen molar-refractivity contribution in [3.63, 3.8) is 0 Å². The first kappa shape index (κ1) is 13.4. The van der Waals surface area contributed by atoms with Crippen LogP contribution in [-0.2, 0) is 0 Å². The molecule has 0 radical (unpaired) electrons. The molecule has 0 unspecified atom stereocenters. The summed E-state index contributed by atoms with van der Waals surface area (Å²) >= 11 is 0. The van der Waals surface area contributed by atoms with Gasteiger partial charge in [0.2, 0.25) is 0 Å². The highest BCUT2D eigenvalue weighted by molar-refractivity contribution is 5.54. The molecule has 0 bridgehead atoms. The van der Waals surface area contributed by atoms with E-state index in [0.717, 1.165) is 22.6 Å². The number of aryl methyl sites for hydroxylation is 2. The summed E-state index contributed by atoms with van der Waals surface area (Å²) in [6, 6.07) is 6.12. The van der Waals surface area contributed by atoms with Crippen LogP contribution in [0.1, 0.15) is 31.4 Å². The number of nitrogens with two attached hydrogens (primary N) is 1. The fraction of sp³-hybridized carbons (Fsp3) is 0.500. The van der Waals surface area contributed by atoms with Crippen LogP contribution in [0.15, 0.2) is 12.1 Å². The third kappa shape index (κ3) is 3.67. The van der Waals surface area contributed by atoms with Gasteiger partial charge in [-0.1, -0.05) is 6.07 Å². The number of hydrogen-bond acceptors (Lipinski definition) is 3. The molecular formula is C14H20N2O. The molecule has 0 fully saturated rings. The summed E-state index contributed by atoms with van der Waals surface area (Å²) in [6.45, 7) is 8.32. The van der Waals surface area contributed by atoms with Crippen molar-refractivity contribution in [1.29, 1.82) is 5.26 Å². The second-order valence-corrected chi connectivity index (χ2v) is 5.07. The summed E-state index contributed by atoms with van der Waals surface area (Å²) in [6.07, 6.45) is 0.705. The number of nitriles is 1. The third-order valence-corrected chi connectivity index (χ3v) is 2.85. The zero-order chi connectivity index (χ0) is 13.1. The minimum absolute atomic E-state index is 0.343. The van der Waals surface area contributed by atoms with Crippen LogP contribution in [0.2, 0.25) is 0 Å². The molecule has 1 rings (SSSR count). The van der Waals surface area contributed by atoms with Gasteiger partial charge in [-0.05, 0) is 45.2 Å². The van der Waals surface area contributed by atoms with Crippen molar-refractivity contribution in [3.8, 4) is 11.8 Å². The Labute approximate surface area is 103 Å². The minimum Gasteiger partial charge on any atom is -0.493 e. The Bertz CT molecular complexity index is 444. The fourth-order valence-corrected chi connectivity index (χ4v) is 1.48. The normalized spacial score (nSPS) is 11.0. The third-order valence-electron chi connectivity index (χ3n) is 2.85. The lowest BCUT2D eigenvalue weighted by molar-refractivity contribution is 0.263. The lowest BCUT2D eigenvalue weighted by Gasteiger charge is -2.16. The van der Waals surface area contributed by atoms with Crippen molar-refractivity contribution in [2.24, 2.45) is 5.41 Å². The molecule has 0 amide bonds. The van der Waals surface area contributed by atoms with E-state index in [1.807, 2.05) is 39.8 Å². The zero-order valence-electron chi connectivity index (χ0n) is 11.0. The lowest BCUT2D eigenvalue weighted by atomic mass is 9.92. The summed E-state index contributed by atoms with van der Waals surface area (Å²) in [5.74, 6) is 0.807. The molecule has 0 aromatic heterocycles.